The first-order chi connectivity index (χ1) is 13.0. The van der Waals surface area contributed by atoms with E-state index in [1.807, 2.05) is 38.1 Å². The fourth-order valence-corrected chi connectivity index (χ4v) is 3.34. The number of methoxy groups -OCH3 is 3. The van der Waals surface area contributed by atoms with Gasteiger partial charge in [0.15, 0.2) is 23.0 Å². The number of nitrogens with one attached hydrogen (secondary N) is 1. The highest BCUT2D eigenvalue weighted by Crippen LogP contribution is 2.44. The van der Waals surface area contributed by atoms with E-state index in [1.165, 1.54) is 0 Å². The summed E-state index contributed by atoms with van der Waals surface area (Å²) in [4.78, 5) is 12.3. The predicted molar refractivity (Wildman–Crippen MR) is 103 cm³/mol. The summed E-state index contributed by atoms with van der Waals surface area (Å²) in [6.45, 7) is 3.93. The lowest BCUT2D eigenvalue weighted by atomic mass is 9.84. The van der Waals surface area contributed by atoms with Crippen molar-refractivity contribution in [3.63, 3.8) is 0 Å². The lowest BCUT2D eigenvalue weighted by Gasteiger charge is -2.28. The van der Waals surface area contributed by atoms with Gasteiger partial charge in [0.1, 0.15) is 0 Å². The second-order valence-corrected chi connectivity index (χ2v) is 6.68. The number of anilines is 1. The average Bonchev–Trinajstić information content (AvgIpc) is 2.66. The molecule has 0 spiro atoms. The van der Waals surface area contributed by atoms with Gasteiger partial charge >= 0.3 is 0 Å². The molecular weight excluding hydrogens is 346 g/mol. The molecule has 1 aliphatic heterocycles. The first kappa shape index (κ1) is 18.9. The predicted octanol–water partition coefficient (Wildman–Crippen LogP) is 3.97. The summed E-state index contributed by atoms with van der Waals surface area (Å²) in [5.41, 5.74) is 2.69. The van der Waals surface area contributed by atoms with Crippen LogP contribution in [0.5, 0.6) is 23.0 Å². The third kappa shape index (κ3) is 3.79. The van der Waals surface area contributed by atoms with Gasteiger partial charge in [0.05, 0.1) is 27.4 Å². The Hall–Kier alpha value is -2.89. The third-order valence-electron chi connectivity index (χ3n) is 4.55. The van der Waals surface area contributed by atoms with Crippen molar-refractivity contribution in [3.05, 3.63) is 41.5 Å². The molecule has 0 bridgehead atoms. The molecule has 1 heterocycles. The Morgan fingerprint density at radius 3 is 2.19 bits per heavy atom. The van der Waals surface area contributed by atoms with Crippen LogP contribution >= 0.6 is 0 Å². The summed E-state index contributed by atoms with van der Waals surface area (Å²) in [7, 11) is 4.79. The molecule has 1 N–H and O–H groups in total. The maximum atomic E-state index is 12.3. The SMILES string of the molecule is COc1cc2c(cc1OC)C(c1ccc(OC(C)C)c(OC)c1)CC(=O)N2. The lowest BCUT2D eigenvalue weighted by molar-refractivity contribution is -0.116. The highest BCUT2D eigenvalue weighted by atomic mass is 16.5. The van der Waals surface area contributed by atoms with Crippen LogP contribution in [0.25, 0.3) is 0 Å². The summed E-state index contributed by atoms with van der Waals surface area (Å²) in [6.07, 6.45) is 0.387. The Bertz CT molecular complexity index is 847. The van der Waals surface area contributed by atoms with Crippen molar-refractivity contribution >= 4 is 11.6 Å². The number of carbonyl (C=O) groups is 1. The standard InChI is InChI=1S/C21H25NO5/c1-12(2)27-17-7-6-13(8-18(17)24-3)14-10-21(23)22-16-11-20(26-5)19(25-4)9-15(14)16/h6-9,11-12,14H,10H2,1-5H3,(H,22,23). The van der Waals surface area contributed by atoms with E-state index in [0.29, 0.717) is 29.4 Å². The average molecular weight is 371 g/mol. The summed E-state index contributed by atoms with van der Waals surface area (Å²) in [5, 5.41) is 2.92. The highest BCUT2D eigenvalue weighted by molar-refractivity contribution is 5.96. The van der Waals surface area contributed by atoms with Crippen molar-refractivity contribution in [2.45, 2.75) is 32.3 Å². The van der Waals surface area contributed by atoms with Gasteiger partial charge in [-0.1, -0.05) is 6.07 Å². The van der Waals surface area contributed by atoms with E-state index in [9.17, 15) is 4.79 Å². The number of amides is 1. The van der Waals surface area contributed by atoms with Gasteiger partial charge in [-0.05, 0) is 43.2 Å². The summed E-state index contributed by atoms with van der Waals surface area (Å²) in [5.74, 6) is 2.38. The van der Waals surface area contributed by atoms with Crippen molar-refractivity contribution < 1.29 is 23.7 Å². The molecule has 0 saturated heterocycles. The molecule has 2 aromatic rings. The zero-order chi connectivity index (χ0) is 19.6. The van der Waals surface area contributed by atoms with E-state index in [0.717, 1.165) is 16.8 Å². The van der Waals surface area contributed by atoms with Crippen molar-refractivity contribution in [3.8, 4) is 23.0 Å². The minimum atomic E-state index is -0.115. The molecular formula is C21H25NO5. The van der Waals surface area contributed by atoms with Crippen molar-refractivity contribution in [2.24, 2.45) is 0 Å². The number of hydrogen-bond donors (Lipinski definition) is 1. The number of benzene rings is 2. The van der Waals surface area contributed by atoms with Gasteiger partial charge < -0.3 is 24.3 Å². The monoisotopic (exact) mass is 371 g/mol. The van der Waals surface area contributed by atoms with Crippen molar-refractivity contribution in [1.82, 2.24) is 0 Å². The molecule has 1 unspecified atom stereocenters. The molecule has 0 fully saturated rings. The van der Waals surface area contributed by atoms with Gasteiger partial charge in [-0.3, -0.25) is 4.79 Å². The first-order valence-electron chi connectivity index (χ1n) is 8.87. The quantitative estimate of drug-likeness (QED) is 0.832. The molecule has 27 heavy (non-hydrogen) atoms. The van der Waals surface area contributed by atoms with Crippen LogP contribution in [0.4, 0.5) is 5.69 Å². The molecule has 6 heteroatoms. The first-order valence-corrected chi connectivity index (χ1v) is 8.87. The zero-order valence-electron chi connectivity index (χ0n) is 16.3. The molecule has 0 radical (unpaired) electrons. The van der Waals surface area contributed by atoms with Crippen LogP contribution in [-0.4, -0.2) is 33.3 Å². The number of hydrogen-bond acceptors (Lipinski definition) is 5. The summed E-state index contributed by atoms with van der Waals surface area (Å²) >= 11 is 0. The minimum Gasteiger partial charge on any atom is -0.493 e. The van der Waals surface area contributed by atoms with Gasteiger partial charge in [0.25, 0.3) is 0 Å². The molecule has 1 atom stereocenters. The van der Waals surface area contributed by atoms with Crippen LogP contribution in [0, 0.1) is 0 Å². The number of ether oxygens (including phenoxy) is 4. The Balaban J connectivity index is 2.06. The second kappa shape index (κ2) is 7.78. The molecule has 6 nitrogen and oxygen atoms in total. The minimum absolute atomic E-state index is 0.0406. The Labute approximate surface area is 159 Å². The Morgan fingerprint density at radius 1 is 0.926 bits per heavy atom. The van der Waals surface area contributed by atoms with Crippen molar-refractivity contribution in [1.29, 1.82) is 0 Å². The smallest absolute Gasteiger partial charge is 0.225 e. The number of fused-ring (bicyclic) bond motifs is 1. The maximum absolute atomic E-state index is 12.3. The molecule has 0 aromatic heterocycles. The van der Waals surface area contributed by atoms with Crippen LogP contribution in [0.1, 0.15) is 37.3 Å². The summed E-state index contributed by atoms with van der Waals surface area (Å²) in [6, 6.07) is 9.52. The van der Waals surface area contributed by atoms with E-state index in [1.54, 1.807) is 27.4 Å². The van der Waals surface area contributed by atoms with Gasteiger partial charge in [-0.15, -0.1) is 0 Å². The van der Waals surface area contributed by atoms with E-state index < -0.39 is 0 Å². The lowest BCUT2D eigenvalue weighted by Crippen LogP contribution is -2.23. The van der Waals surface area contributed by atoms with E-state index >= 15 is 0 Å². The number of carbonyl (C=O) groups excluding carboxylic acids is 1. The third-order valence-corrected chi connectivity index (χ3v) is 4.55. The molecule has 0 aliphatic carbocycles. The zero-order valence-corrected chi connectivity index (χ0v) is 16.3. The molecule has 3 rings (SSSR count). The van der Waals surface area contributed by atoms with E-state index in [-0.39, 0.29) is 17.9 Å². The van der Waals surface area contributed by atoms with Gasteiger partial charge in [-0.2, -0.15) is 0 Å². The maximum Gasteiger partial charge on any atom is 0.225 e. The van der Waals surface area contributed by atoms with Crippen LogP contribution in [0.3, 0.4) is 0 Å². The molecule has 0 saturated carbocycles. The molecule has 144 valence electrons. The van der Waals surface area contributed by atoms with Gasteiger partial charge in [-0.25, -0.2) is 0 Å². The topological polar surface area (TPSA) is 66.0 Å². The van der Waals surface area contributed by atoms with Gasteiger partial charge in [0.2, 0.25) is 5.91 Å². The Morgan fingerprint density at radius 2 is 1.56 bits per heavy atom. The molecule has 1 aliphatic rings. The largest absolute Gasteiger partial charge is 0.493 e. The molecule has 2 aromatic carbocycles. The fourth-order valence-electron chi connectivity index (χ4n) is 3.34. The van der Waals surface area contributed by atoms with E-state index in [2.05, 4.69) is 5.32 Å². The number of rotatable bonds is 6. The van der Waals surface area contributed by atoms with Crippen molar-refractivity contribution in [2.75, 3.05) is 26.6 Å². The van der Waals surface area contributed by atoms with Crippen LogP contribution in [0.15, 0.2) is 30.3 Å². The van der Waals surface area contributed by atoms with Gasteiger partial charge in [0, 0.05) is 24.1 Å². The molecule has 1 amide bonds. The van der Waals surface area contributed by atoms with Crippen LogP contribution in [-0.2, 0) is 4.79 Å². The van der Waals surface area contributed by atoms with E-state index in [4.69, 9.17) is 18.9 Å². The fraction of sp³-hybridized carbons (Fsp3) is 0.381. The van der Waals surface area contributed by atoms with Crippen LogP contribution < -0.4 is 24.3 Å². The Kier molecular flexibility index (Phi) is 5.44. The summed E-state index contributed by atoms with van der Waals surface area (Å²) < 4.78 is 22.1. The van der Waals surface area contributed by atoms with Crippen LogP contribution in [0.2, 0.25) is 0 Å². The normalized spacial score (nSPS) is 15.8. The second-order valence-electron chi connectivity index (χ2n) is 6.68. The highest BCUT2D eigenvalue weighted by Gasteiger charge is 2.29.